The van der Waals surface area contributed by atoms with Crippen LogP contribution >= 0.6 is 0 Å². The van der Waals surface area contributed by atoms with Crippen molar-refractivity contribution in [2.75, 3.05) is 31.1 Å². The number of hydrogen-bond acceptors (Lipinski definition) is 6. The zero-order chi connectivity index (χ0) is 26.0. The van der Waals surface area contributed by atoms with Gasteiger partial charge in [0.05, 0.1) is 23.0 Å². The first-order chi connectivity index (χ1) is 18.7. The lowest BCUT2D eigenvalue weighted by molar-refractivity contribution is -0.143. The molecule has 7 nitrogen and oxygen atoms in total. The molecule has 4 heterocycles. The van der Waals surface area contributed by atoms with Gasteiger partial charge in [-0.25, -0.2) is 0 Å². The Balaban J connectivity index is 1.27. The molecule has 0 saturated carbocycles. The van der Waals surface area contributed by atoms with Crippen LogP contribution in [0, 0.1) is 0 Å². The number of nitrogens with zero attached hydrogens (tertiary/aromatic N) is 4. The number of piperidine rings is 2. The molecule has 38 heavy (non-hydrogen) atoms. The molecule has 3 aliphatic rings. The van der Waals surface area contributed by atoms with Crippen LogP contribution in [0.5, 0.6) is 5.75 Å². The maximum Gasteiger partial charge on any atom is 0.233 e. The molecule has 2 unspecified atom stereocenters. The Bertz CT molecular complexity index is 1250. The van der Waals surface area contributed by atoms with Crippen molar-refractivity contribution >= 4 is 11.6 Å². The lowest BCUT2D eigenvalue weighted by atomic mass is 9.70. The van der Waals surface area contributed by atoms with Crippen LogP contribution in [0.3, 0.4) is 0 Å². The molecule has 0 aliphatic carbocycles. The smallest absolute Gasteiger partial charge is 0.233 e. The molecule has 0 radical (unpaired) electrons. The van der Waals surface area contributed by atoms with Gasteiger partial charge in [0.25, 0.3) is 0 Å². The maximum atomic E-state index is 14.6. The van der Waals surface area contributed by atoms with Gasteiger partial charge >= 0.3 is 0 Å². The van der Waals surface area contributed by atoms with Gasteiger partial charge in [-0.2, -0.15) is 10.2 Å². The predicted octanol–water partition coefficient (Wildman–Crippen LogP) is 4.52. The lowest BCUT2D eigenvalue weighted by Gasteiger charge is -2.48. The van der Waals surface area contributed by atoms with Gasteiger partial charge in [-0.05, 0) is 75.3 Å². The fourth-order valence-corrected chi connectivity index (χ4v) is 6.82. The monoisotopic (exact) mass is 511 g/mol. The van der Waals surface area contributed by atoms with Crippen LogP contribution in [0.25, 0.3) is 11.3 Å². The summed E-state index contributed by atoms with van der Waals surface area (Å²) in [6.45, 7) is 3.43. The fourth-order valence-electron chi connectivity index (χ4n) is 6.82. The van der Waals surface area contributed by atoms with Crippen molar-refractivity contribution in [1.29, 1.82) is 0 Å². The van der Waals surface area contributed by atoms with E-state index in [0.717, 1.165) is 69.5 Å². The first-order valence-corrected chi connectivity index (χ1v) is 14.1. The number of amides is 1. The van der Waals surface area contributed by atoms with Gasteiger partial charge < -0.3 is 20.2 Å². The first kappa shape index (κ1) is 24.9. The molecule has 2 atom stereocenters. The minimum atomic E-state index is -0.521. The first-order valence-electron chi connectivity index (χ1n) is 14.1. The van der Waals surface area contributed by atoms with Crippen molar-refractivity contribution in [3.63, 3.8) is 0 Å². The van der Waals surface area contributed by atoms with Crippen molar-refractivity contribution in [3.8, 4) is 17.0 Å². The van der Waals surface area contributed by atoms with Gasteiger partial charge in [-0.15, -0.1) is 0 Å². The van der Waals surface area contributed by atoms with Gasteiger partial charge in [0, 0.05) is 37.3 Å². The van der Waals surface area contributed by atoms with E-state index in [1.54, 1.807) is 18.3 Å². The summed E-state index contributed by atoms with van der Waals surface area (Å²) in [4.78, 5) is 19.1. The van der Waals surface area contributed by atoms with E-state index in [-0.39, 0.29) is 5.75 Å². The lowest BCUT2D eigenvalue weighted by Crippen LogP contribution is -2.60. The second-order valence-electron chi connectivity index (χ2n) is 11.0. The number of aromatic nitrogens is 2. The topological polar surface area (TPSA) is 81.6 Å². The van der Waals surface area contributed by atoms with E-state index in [9.17, 15) is 9.90 Å². The zero-order valence-corrected chi connectivity index (χ0v) is 21.9. The summed E-state index contributed by atoms with van der Waals surface area (Å²) < 4.78 is 0. The van der Waals surface area contributed by atoms with Crippen molar-refractivity contribution < 1.29 is 9.90 Å². The highest BCUT2D eigenvalue weighted by Crippen LogP contribution is 2.41. The SMILES string of the molecule is O=C(N1CCCCC1C1CCCN1)C1(c2ccccc2)CCN(c2cnnc(-c3ccccc3O)c2)CC1. The second kappa shape index (κ2) is 10.7. The highest BCUT2D eigenvalue weighted by atomic mass is 16.3. The van der Waals surface area contributed by atoms with Crippen molar-refractivity contribution in [3.05, 3.63) is 72.4 Å². The van der Waals surface area contributed by atoms with Crippen molar-refractivity contribution in [1.82, 2.24) is 20.4 Å². The van der Waals surface area contributed by atoms with Crippen molar-refractivity contribution in [2.24, 2.45) is 0 Å². The van der Waals surface area contributed by atoms with E-state index in [0.29, 0.717) is 29.2 Å². The highest BCUT2D eigenvalue weighted by molar-refractivity contribution is 5.89. The maximum absolute atomic E-state index is 14.6. The molecule has 2 N–H and O–H groups in total. The second-order valence-corrected chi connectivity index (χ2v) is 11.0. The molecule has 6 rings (SSSR count). The molecule has 2 aromatic carbocycles. The van der Waals surface area contributed by atoms with Crippen LogP contribution in [-0.2, 0) is 10.2 Å². The summed E-state index contributed by atoms with van der Waals surface area (Å²) in [5.41, 5.74) is 2.91. The average molecular weight is 512 g/mol. The number of carbonyl (C=O) groups is 1. The molecule has 3 aromatic rings. The minimum Gasteiger partial charge on any atom is -0.507 e. The Morgan fingerprint density at radius 1 is 0.947 bits per heavy atom. The molecule has 198 valence electrons. The van der Waals surface area contributed by atoms with Crippen molar-refractivity contribution in [2.45, 2.75) is 62.4 Å². The molecule has 3 fully saturated rings. The average Bonchev–Trinajstić information content (AvgIpc) is 3.53. The third-order valence-electron chi connectivity index (χ3n) is 8.91. The van der Waals surface area contributed by atoms with E-state index in [1.165, 1.54) is 12.8 Å². The van der Waals surface area contributed by atoms with Crippen LogP contribution in [-0.4, -0.2) is 64.4 Å². The Morgan fingerprint density at radius 2 is 1.74 bits per heavy atom. The summed E-state index contributed by atoms with van der Waals surface area (Å²) >= 11 is 0. The normalized spacial score (nSPS) is 23.4. The number of phenolic OH excluding ortho intramolecular Hbond substituents is 1. The minimum absolute atomic E-state index is 0.194. The highest BCUT2D eigenvalue weighted by Gasteiger charge is 2.48. The number of phenols is 1. The molecule has 0 spiro atoms. The third kappa shape index (κ3) is 4.64. The van der Waals surface area contributed by atoms with E-state index < -0.39 is 5.41 Å². The quantitative estimate of drug-likeness (QED) is 0.524. The third-order valence-corrected chi connectivity index (χ3v) is 8.91. The largest absolute Gasteiger partial charge is 0.507 e. The van der Waals surface area contributed by atoms with Gasteiger partial charge in [-0.1, -0.05) is 42.5 Å². The van der Waals surface area contributed by atoms with Crippen LogP contribution in [0.1, 0.15) is 50.5 Å². The zero-order valence-electron chi connectivity index (χ0n) is 21.9. The number of aromatic hydroxyl groups is 1. The number of para-hydroxylation sites is 1. The van der Waals surface area contributed by atoms with Gasteiger partial charge in [-0.3, -0.25) is 4.79 Å². The Labute approximate surface area is 224 Å². The Morgan fingerprint density at radius 3 is 2.50 bits per heavy atom. The Hall–Kier alpha value is -3.45. The van der Waals surface area contributed by atoms with Gasteiger partial charge in [0.2, 0.25) is 5.91 Å². The number of carbonyl (C=O) groups excluding carboxylic acids is 1. The van der Waals surface area contributed by atoms with Crippen LogP contribution in [0.15, 0.2) is 66.9 Å². The molecule has 0 bridgehead atoms. The molecule has 7 heteroatoms. The fraction of sp³-hybridized carbons (Fsp3) is 0.452. The van der Waals surface area contributed by atoms with Crippen LogP contribution < -0.4 is 10.2 Å². The summed E-state index contributed by atoms with van der Waals surface area (Å²) in [7, 11) is 0. The molecule has 1 amide bonds. The van der Waals surface area contributed by atoms with Gasteiger partial charge in [0.1, 0.15) is 5.75 Å². The number of rotatable bonds is 5. The number of nitrogens with one attached hydrogen (secondary N) is 1. The molecule has 1 aromatic heterocycles. The summed E-state index contributed by atoms with van der Waals surface area (Å²) in [5, 5.41) is 22.5. The summed E-state index contributed by atoms with van der Waals surface area (Å²) in [6, 6.07) is 20.4. The van der Waals surface area contributed by atoms with Crippen LogP contribution in [0.4, 0.5) is 5.69 Å². The Kier molecular flexibility index (Phi) is 7.02. The number of likely N-dealkylation sites (tertiary alicyclic amines) is 1. The predicted molar refractivity (Wildman–Crippen MR) is 149 cm³/mol. The number of benzene rings is 2. The molecular weight excluding hydrogens is 474 g/mol. The van der Waals surface area contributed by atoms with E-state index in [2.05, 4.69) is 49.6 Å². The summed E-state index contributed by atoms with van der Waals surface area (Å²) in [6.07, 6.45) is 9.04. The van der Waals surface area contributed by atoms with Crippen LogP contribution in [0.2, 0.25) is 0 Å². The molecule has 3 saturated heterocycles. The number of anilines is 1. The molecule has 3 aliphatic heterocycles. The van der Waals surface area contributed by atoms with E-state index >= 15 is 0 Å². The van der Waals surface area contributed by atoms with E-state index in [1.807, 2.05) is 24.3 Å². The summed E-state index contributed by atoms with van der Waals surface area (Å²) in [5.74, 6) is 0.503. The standard InChI is InChI=1S/C31H37N5O2/c37-29-14-5-4-11-25(29)27-21-24(22-33-34-27)35-19-15-31(16-20-35,23-9-2-1-3-10-23)30(38)36-18-7-6-13-28(36)26-12-8-17-32-26/h1-5,9-11,14,21-22,26,28,32,37H,6-8,12-13,15-20H2. The van der Waals surface area contributed by atoms with Gasteiger partial charge in [0.15, 0.2) is 0 Å². The van der Waals surface area contributed by atoms with E-state index in [4.69, 9.17) is 0 Å². The number of hydrogen-bond donors (Lipinski definition) is 2. The molecular formula is C31H37N5O2.